The molecule has 0 radical (unpaired) electrons. The molecule has 11 nitrogen and oxygen atoms in total. The molecule has 0 heterocycles. The van der Waals surface area contributed by atoms with Crippen molar-refractivity contribution >= 4 is 58.0 Å². The smallest absolute Gasteiger partial charge is 0.171 e. The van der Waals surface area contributed by atoms with Crippen LogP contribution in [0, 0.1) is 0 Å². The van der Waals surface area contributed by atoms with Crippen LogP contribution < -0.4 is 38.1 Å². The lowest BCUT2D eigenvalue weighted by Gasteiger charge is -2.24. The molecule has 0 unspecified atom stereocenters. The Balaban J connectivity index is 1.47. The zero-order valence-corrected chi connectivity index (χ0v) is 46.6. The zero-order chi connectivity index (χ0) is 54.0. The Morgan fingerprint density at radius 2 is 0.865 bits per heavy atom. The van der Waals surface area contributed by atoms with Gasteiger partial charge in [-0.2, -0.15) is 0 Å². The van der Waals surface area contributed by atoms with Gasteiger partial charge in [0.25, 0.3) is 0 Å². The quantitative estimate of drug-likeness (QED) is 0.0125. The largest absolute Gasteiger partial charge is 0.493 e. The Bertz CT molecular complexity index is 2540. The molecule has 0 spiro atoms. The van der Waals surface area contributed by atoms with E-state index in [1.54, 1.807) is 60.7 Å². The van der Waals surface area contributed by atoms with Crippen LogP contribution in [0.25, 0.3) is 0 Å². The van der Waals surface area contributed by atoms with E-state index in [0.29, 0.717) is 89.5 Å². The number of ether oxygens (including phenoxy) is 2. The number of nitrogen functional groups attached to an aromatic ring is 2. The standard InChI is InChI=1S/C61H81N5O6S2/c1-8-9-10-13-25-71-56-20-18-48(65)38-50(56)54(69)36-44-32-46(60(2,3)4)30-42(58(44)73-27-23-63)34-52(67)40-16-15-17-41(29-40)53(68)35-43-31-47(61(5,6)7)33-45(59(43)74-28-24-64)37-55(70)51-39-49(66)19-21-57(51)72-26-14-11-12-22-62/h15-21,29-33,38-39H,8-14,22-28,34-37,62-66H2,1-7H3. The summed E-state index contributed by atoms with van der Waals surface area (Å²) < 4.78 is 12.3. The number of benzene rings is 5. The summed E-state index contributed by atoms with van der Waals surface area (Å²) in [4.78, 5) is 59.5. The van der Waals surface area contributed by atoms with E-state index in [0.717, 1.165) is 88.1 Å². The lowest BCUT2D eigenvalue weighted by molar-refractivity contribution is 0.0979. The van der Waals surface area contributed by atoms with Gasteiger partial charge in [0.15, 0.2) is 23.1 Å². The van der Waals surface area contributed by atoms with Crippen LogP contribution >= 0.6 is 23.5 Å². The fraction of sp³-hybridized carbons (Fsp3) is 0.443. The number of ketones is 4. The number of carbonyl (C=O) groups is 4. The minimum atomic E-state index is -0.312. The third-order valence-corrected chi connectivity index (χ3v) is 15.3. The predicted octanol–water partition coefficient (Wildman–Crippen LogP) is 11.7. The van der Waals surface area contributed by atoms with Crippen LogP contribution in [0.1, 0.15) is 168 Å². The molecule has 13 heteroatoms. The molecular formula is C61H81N5O6S2. The van der Waals surface area contributed by atoms with E-state index in [9.17, 15) is 19.2 Å². The Kier molecular flexibility index (Phi) is 22.9. The fourth-order valence-corrected chi connectivity index (χ4v) is 10.6. The number of hydrogen-bond donors (Lipinski definition) is 5. The summed E-state index contributed by atoms with van der Waals surface area (Å²) in [6, 6.07) is 25.6. The minimum absolute atomic E-state index is 0.0364. The number of hydrogen-bond acceptors (Lipinski definition) is 13. The number of nitrogens with two attached hydrogens (primary N) is 5. The van der Waals surface area contributed by atoms with Gasteiger partial charge in [0.05, 0.1) is 24.3 Å². The van der Waals surface area contributed by atoms with Crippen LogP contribution in [0.2, 0.25) is 0 Å². The number of Topliss-reactive ketones (excluding diaryl/α,β-unsaturated/α-hetero) is 4. The molecule has 5 rings (SSSR count). The zero-order valence-electron chi connectivity index (χ0n) is 45.0. The van der Waals surface area contributed by atoms with Crippen molar-refractivity contribution in [1.82, 2.24) is 0 Å². The van der Waals surface area contributed by atoms with Crippen molar-refractivity contribution in [3.63, 3.8) is 0 Å². The van der Waals surface area contributed by atoms with E-state index < -0.39 is 0 Å². The average molecular weight is 1040 g/mol. The molecule has 74 heavy (non-hydrogen) atoms. The van der Waals surface area contributed by atoms with Crippen molar-refractivity contribution in [1.29, 1.82) is 0 Å². The first kappa shape index (κ1) is 59.4. The first-order valence-electron chi connectivity index (χ1n) is 26.2. The molecule has 0 aliphatic carbocycles. The van der Waals surface area contributed by atoms with Crippen molar-refractivity contribution in [3.05, 3.63) is 141 Å². The Labute approximate surface area is 449 Å². The second-order valence-corrected chi connectivity index (χ2v) is 23.3. The third-order valence-electron chi connectivity index (χ3n) is 12.8. The molecule has 0 aliphatic heterocycles. The molecular weight excluding hydrogens is 963 g/mol. The Morgan fingerprint density at radius 1 is 0.473 bits per heavy atom. The molecule has 5 aromatic carbocycles. The van der Waals surface area contributed by atoms with Crippen molar-refractivity contribution in [2.75, 3.05) is 55.8 Å². The maximum absolute atomic E-state index is 14.6. The summed E-state index contributed by atoms with van der Waals surface area (Å²) in [6.45, 7) is 17.2. The second-order valence-electron chi connectivity index (χ2n) is 21.1. The normalized spacial score (nSPS) is 11.7. The van der Waals surface area contributed by atoms with Gasteiger partial charge in [0.2, 0.25) is 0 Å². The Hall–Kier alpha value is -5.44. The van der Waals surface area contributed by atoms with Gasteiger partial charge in [-0.1, -0.05) is 110 Å². The average Bonchev–Trinajstić information content (AvgIpc) is 3.35. The number of anilines is 2. The van der Waals surface area contributed by atoms with Gasteiger partial charge in [-0.25, -0.2) is 0 Å². The van der Waals surface area contributed by atoms with Crippen molar-refractivity contribution in [2.24, 2.45) is 17.2 Å². The molecule has 0 amide bonds. The van der Waals surface area contributed by atoms with Gasteiger partial charge in [0.1, 0.15) is 11.5 Å². The van der Waals surface area contributed by atoms with Gasteiger partial charge in [-0.15, -0.1) is 23.5 Å². The summed E-state index contributed by atoms with van der Waals surface area (Å²) in [5, 5.41) is 0. The molecule has 0 aromatic heterocycles. The molecule has 0 aliphatic rings. The van der Waals surface area contributed by atoms with Crippen LogP contribution in [0.4, 0.5) is 11.4 Å². The maximum Gasteiger partial charge on any atom is 0.171 e. The molecule has 0 bridgehead atoms. The van der Waals surface area contributed by atoms with E-state index in [1.165, 1.54) is 23.5 Å². The van der Waals surface area contributed by atoms with E-state index in [2.05, 4.69) is 72.7 Å². The van der Waals surface area contributed by atoms with Crippen molar-refractivity contribution < 1.29 is 28.7 Å². The van der Waals surface area contributed by atoms with Crippen LogP contribution in [-0.2, 0) is 36.5 Å². The van der Waals surface area contributed by atoms with Gasteiger partial charge >= 0.3 is 0 Å². The lowest BCUT2D eigenvalue weighted by Crippen LogP contribution is -2.17. The van der Waals surface area contributed by atoms with Gasteiger partial charge in [-0.3, -0.25) is 19.2 Å². The summed E-state index contributed by atoms with van der Waals surface area (Å²) in [6.07, 6.45) is 7.01. The van der Waals surface area contributed by atoms with E-state index in [1.807, 2.05) is 0 Å². The highest BCUT2D eigenvalue weighted by Gasteiger charge is 2.27. The van der Waals surface area contributed by atoms with E-state index in [4.69, 9.17) is 38.1 Å². The highest BCUT2D eigenvalue weighted by Crippen LogP contribution is 2.38. The molecule has 10 N–H and O–H groups in total. The van der Waals surface area contributed by atoms with Crippen molar-refractivity contribution in [2.45, 2.75) is 140 Å². The number of rotatable bonds is 30. The van der Waals surface area contributed by atoms with Gasteiger partial charge < -0.3 is 38.1 Å². The first-order valence-corrected chi connectivity index (χ1v) is 28.2. The van der Waals surface area contributed by atoms with E-state index in [-0.39, 0.29) is 59.6 Å². The fourth-order valence-electron chi connectivity index (χ4n) is 8.64. The second kappa shape index (κ2) is 28.5. The maximum atomic E-state index is 14.6. The summed E-state index contributed by atoms with van der Waals surface area (Å²) in [5.74, 6) is 1.53. The van der Waals surface area contributed by atoms with Gasteiger partial charge in [-0.05, 0) is 119 Å². The number of carbonyl (C=O) groups excluding carboxylic acids is 4. The summed E-state index contributed by atoms with van der Waals surface area (Å²) in [7, 11) is 0. The highest BCUT2D eigenvalue weighted by molar-refractivity contribution is 7.99. The molecule has 0 atom stereocenters. The van der Waals surface area contributed by atoms with Crippen LogP contribution in [-0.4, -0.2) is 67.5 Å². The minimum Gasteiger partial charge on any atom is -0.493 e. The highest BCUT2D eigenvalue weighted by atomic mass is 32.2. The monoisotopic (exact) mass is 1040 g/mol. The van der Waals surface area contributed by atoms with Gasteiger partial charge in [0, 0.05) is 82.6 Å². The SMILES string of the molecule is CCCCCCOc1ccc(N)cc1C(=O)Cc1cc(C(C)(C)C)cc(CC(=O)c2cccc(C(=O)Cc3cc(C(C)(C)C)cc(CC(=O)c4cc(N)ccc4OCCCCCN)c3SCCN)c2)c1SCCN. The molecule has 0 saturated carbocycles. The van der Waals surface area contributed by atoms with Crippen LogP contribution in [0.5, 0.6) is 11.5 Å². The molecule has 398 valence electrons. The molecule has 0 fully saturated rings. The number of thioether (sulfide) groups is 2. The first-order chi connectivity index (χ1) is 35.3. The van der Waals surface area contributed by atoms with Crippen molar-refractivity contribution in [3.8, 4) is 11.5 Å². The predicted molar refractivity (Wildman–Crippen MR) is 308 cm³/mol. The van der Waals surface area contributed by atoms with E-state index >= 15 is 0 Å². The third kappa shape index (κ3) is 17.3. The summed E-state index contributed by atoms with van der Waals surface area (Å²) in [5.41, 5.74) is 37.4. The topological polar surface area (TPSA) is 217 Å². The van der Waals surface area contributed by atoms with Crippen LogP contribution in [0.15, 0.2) is 94.7 Å². The lowest BCUT2D eigenvalue weighted by atomic mass is 9.83. The summed E-state index contributed by atoms with van der Waals surface area (Å²) >= 11 is 3.07. The molecule has 5 aromatic rings. The Morgan fingerprint density at radius 3 is 1.23 bits per heavy atom. The van der Waals surface area contributed by atoms with Crippen LogP contribution in [0.3, 0.4) is 0 Å². The number of unbranched alkanes of at least 4 members (excludes halogenated alkanes) is 5. The molecule has 0 saturated heterocycles.